The lowest BCUT2D eigenvalue weighted by Crippen LogP contribution is -2.57. The second-order valence-corrected chi connectivity index (χ2v) is 13.0. The van der Waals surface area contributed by atoms with Crippen LogP contribution in [-0.2, 0) is 4.74 Å². The fourth-order valence-electron chi connectivity index (χ4n) is 9.05. The summed E-state index contributed by atoms with van der Waals surface area (Å²) < 4.78 is 6.21. The minimum absolute atomic E-state index is 0.00103. The van der Waals surface area contributed by atoms with E-state index in [0.29, 0.717) is 29.8 Å². The quantitative estimate of drug-likeness (QED) is 0.442. The minimum atomic E-state index is -0.605. The van der Waals surface area contributed by atoms with E-state index in [0.717, 1.165) is 50.9 Å². The van der Waals surface area contributed by atoms with Crippen molar-refractivity contribution in [2.75, 3.05) is 0 Å². The number of rotatable bonds is 4. The Bertz CT molecular complexity index is 745. The van der Waals surface area contributed by atoms with Crippen LogP contribution in [0, 0.1) is 46.3 Å². The molecule has 1 heterocycles. The zero-order valence-electron chi connectivity index (χ0n) is 20.7. The van der Waals surface area contributed by atoms with E-state index in [4.69, 9.17) is 4.74 Å². The molecule has 1 saturated heterocycles. The van der Waals surface area contributed by atoms with Gasteiger partial charge >= 0.3 is 0 Å². The maximum absolute atomic E-state index is 12.3. The molecule has 0 radical (unpaired) electrons. The van der Waals surface area contributed by atoms with E-state index in [9.17, 15) is 10.2 Å². The number of allylic oxidation sites excluding steroid dienone is 1. The van der Waals surface area contributed by atoms with Gasteiger partial charge in [0.1, 0.15) is 0 Å². The van der Waals surface area contributed by atoms with Crippen LogP contribution >= 0.6 is 0 Å². The number of aliphatic hydroxyl groups is 2. The number of ether oxygens (including phenoxy) is 1. The smallest absolute Gasteiger partial charge is 0.0897 e. The maximum atomic E-state index is 12.3. The minimum Gasteiger partial charge on any atom is -0.393 e. The largest absolute Gasteiger partial charge is 0.393 e. The summed E-state index contributed by atoms with van der Waals surface area (Å²) in [5.41, 5.74) is 1.20. The Morgan fingerprint density at radius 3 is 2.39 bits per heavy atom. The summed E-state index contributed by atoms with van der Waals surface area (Å²) in [6.07, 6.45) is 11.5. The zero-order valence-corrected chi connectivity index (χ0v) is 20.7. The molecule has 176 valence electrons. The molecular formula is C28H46O3. The molecule has 31 heavy (non-hydrogen) atoms. The Balaban J connectivity index is 1.38. The number of hydrogen-bond acceptors (Lipinski definition) is 3. The molecule has 0 bridgehead atoms. The van der Waals surface area contributed by atoms with Crippen LogP contribution in [0.4, 0.5) is 0 Å². The third-order valence-corrected chi connectivity index (χ3v) is 11.7. The monoisotopic (exact) mass is 430 g/mol. The van der Waals surface area contributed by atoms with Crippen molar-refractivity contribution >= 4 is 0 Å². The first-order valence-corrected chi connectivity index (χ1v) is 13.3. The van der Waals surface area contributed by atoms with Gasteiger partial charge in [0.15, 0.2) is 0 Å². The molecule has 11 unspecified atom stereocenters. The highest BCUT2D eigenvalue weighted by Gasteiger charge is 2.67. The third-order valence-electron chi connectivity index (χ3n) is 11.7. The summed E-state index contributed by atoms with van der Waals surface area (Å²) >= 11 is 0. The normalized spacial score (nSPS) is 53.3. The van der Waals surface area contributed by atoms with Gasteiger partial charge in [0.05, 0.1) is 23.9 Å². The number of hydrogen-bond donors (Lipinski definition) is 2. The highest BCUT2D eigenvalue weighted by Crippen LogP contribution is 2.69. The van der Waals surface area contributed by atoms with Crippen molar-refractivity contribution in [1.29, 1.82) is 0 Å². The first kappa shape index (κ1) is 22.4. The Kier molecular flexibility index (Phi) is 5.28. The van der Waals surface area contributed by atoms with Crippen LogP contribution in [0.15, 0.2) is 11.6 Å². The summed E-state index contributed by atoms with van der Waals surface area (Å²) in [5, 5.41) is 22.5. The van der Waals surface area contributed by atoms with Crippen LogP contribution in [0.1, 0.15) is 92.9 Å². The van der Waals surface area contributed by atoms with E-state index in [2.05, 4.69) is 47.6 Å². The molecule has 3 heteroatoms. The van der Waals surface area contributed by atoms with E-state index < -0.39 is 5.60 Å². The second kappa shape index (κ2) is 7.31. The van der Waals surface area contributed by atoms with Gasteiger partial charge < -0.3 is 14.9 Å². The van der Waals surface area contributed by atoms with Crippen molar-refractivity contribution in [2.45, 2.75) is 117 Å². The summed E-state index contributed by atoms with van der Waals surface area (Å²) in [6.45, 7) is 14.1. The lowest BCUT2D eigenvalue weighted by molar-refractivity contribution is -0.152. The Morgan fingerprint density at radius 2 is 1.68 bits per heavy atom. The van der Waals surface area contributed by atoms with Gasteiger partial charge in [0, 0.05) is 5.92 Å². The molecule has 5 aliphatic rings. The zero-order chi connectivity index (χ0) is 22.3. The molecule has 0 amide bonds. The standard InChI is InChI=1S/C28H46O3/c1-16(2)17(3)24-25(31-24)18(4)28(30)14-11-23-21-8-7-19-15-20(29)9-12-26(19,5)22(21)10-13-27(23,28)6/h7,16-18,20-25,29-30H,8-15H2,1-6H3. The van der Waals surface area contributed by atoms with Gasteiger partial charge in [-0.15, -0.1) is 0 Å². The molecular weight excluding hydrogens is 384 g/mol. The predicted molar refractivity (Wildman–Crippen MR) is 124 cm³/mol. The molecule has 5 rings (SSSR count). The van der Waals surface area contributed by atoms with Gasteiger partial charge in [-0.3, -0.25) is 0 Å². The highest BCUT2D eigenvalue weighted by molar-refractivity contribution is 5.26. The van der Waals surface area contributed by atoms with Crippen molar-refractivity contribution in [3.8, 4) is 0 Å². The van der Waals surface area contributed by atoms with Crippen LogP contribution in [0.5, 0.6) is 0 Å². The molecule has 4 fully saturated rings. The summed E-state index contributed by atoms with van der Waals surface area (Å²) in [7, 11) is 0. The first-order valence-electron chi connectivity index (χ1n) is 13.3. The Labute approximate surface area is 190 Å². The lowest BCUT2D eigenvalue weighted by Gasteiger charge is -2.59. The summed E-state index contributed by atoms with van der Waals surface area (Å²) in [4.78, 5) is 0. The fourth-order valence-corrected chi connectivity index (χ4v) is 9.05. The SMILES string of the molecule is CC(C)C(C)C1OC1C(C)C1(O)CCC2C3CC=C4CC(O)CCC4(C)C3CCC21C. The van der Waals surface area contributed by atoms with E-state index in [-0.39, 0.29) is 29.0 Å². The topological polar surface area (TPSA) is 53.0 Å². The summed E-state index contributed by atoms with van der Waals surface area (Å²) in [5.74, 6) is 3.41. The van der Waals surface area contributed by atoms with Crippen molar-refractivity contribution < 1.29 is 14.9 Å². The van der Waals surface area contributed by atoms with E-state index >= 15 is 0 Å². The first-order chi connectivity index (χ1) is 14.5. The number of epoxide rings is 1. The third kappa shape index (κ3) is 3.08. The number of aliphatic hydroxyl groups excluding tert-OH is 1. The molecule has 0 aromatic heterocycles. The van der Waals surface area contributed by atoms with Crippen LogP contribution in [-0.4, -0.2) is 34.1 Å². The fraction of sp³-hybridized carbons (Fsp3) is 0.929. The van der Waals surface area contributed by atoms with Crippen LogP contribution in [0.2, 0.25) is 0 Å². The van der Waals surface area contributed by atoms with Gasteiger partial charge in [0.25, 0.3) is 0 Å². The second-order valence-electron chi connectivity index (χ2n) is 13.0. The average Bonchev–Trinajstić information content (AvgIpc) is 3.47. The molecule has 3 saturated carbocycles. The molecule has 2 N–H and O–H groups in total. The molecule has 3 nitrogen and oxygen atoms in total. The molecule has 1 aliphatic heterocycles. The molecule has 4 aliphatic carbocycles. The van der Waals surface area contributed by atoms with Crippen LogP contribution in [0.25, 0.3) is 0 Å². The van der Waals surface area contributed by atoms with Gasteiger partial charge in [-0.25, -0.2) is 0 Å². The molecule has 0 aromatic carbocycles. The maximum Gasteiger partial charge on any atom is 0.0897 e. The molecule has 0 aromatic rings. The highest BCUT2D eigenvalue weighted by atomic mass is 16.6. The van der Waals surface area contributed by atoms with E-state index in [1.807, 2.05) is 0 Å². The van der Waals surface area contributed by atoms with Crippen molar-refractivity contribution in [3.05, 3.63) is 11.6 Å². The van der Waals surface area contributed by atoms with Gasteiger partial charge in [-0.1, -0.05) is 53.2 Å². The predicted octanol–water partition coefficient (Wildman–Crippen LogP) is 5.74. The average molecular weight is 431 g/mol. The van der Waals surface area contributed by atoms with Crippen molar-refractivity contribution in [2.24, 2.45) is 46.3 Å². The summed E-state index contributed by atoms with van der Waals surface area (Å²) in [6, 6.07) is 0. The molecule has 0 spiro atoms. The van der Waals surface area contributed by atoms with Crippen molar-refractivity contribution in [1.82, 2.24) is 0 Å². The van der Waals surface area contributed by atoms with Gasteiger partial charge in [0.2, 0.25) is 0 Å². The van der Waals surface area contributed by atoms with Crippen molar-refractivity contribution in [3.63, 3.8) is 0 Å². The Morgan fingerprint density at radius 1 is 0.968 bits per heavy atom. The van der Waals surface area contributed by atoms with Crippen LogP contribution in [0.3, 0.4) is 0 Å². The van der Waals surface area contributed by atoms with E-state index in [1.165, 1.54) is 12.0 Å². The number of fused-ring (bicyclic) bond motifs is 5. The van der Waals surface area contributed by atoms with Gasteiger partial charge in [-0.05, 0) is 91.8 Å². The molecule has 11 atom stereocenters. The van der Waals surface area contributed by atoms with E-state index in [1.54, 1.807) is 0 Å². The lowest BCUT2D eigenvalue weighted by atomic mass is 9.46. The van der Waals surface area contributed by atoms with Crippen LogP contribution < -0.4 is 0 Å². The van der Waals surface area contributed by atoms with Gasteiger partial charge in [-0.2, -0.15) is 0 Å². The Hall–Kier alpha value is -0.380.